The van der Waals surface area contributed by atoms with E-state index < -0.39 is 0 Å². The van der Waals surface area contributed by atoms with Crippen molar-refractivity contribution in [2.24, 2.45) is 0 Å². The first-order chi connectivity index (χ1) is 16.3. The number of hydrogen-bond acceptors (Lipinski definition) is 7. The van der Waals surface area contributed by atoms with Crippen LogP contribution in [-0.4, -0.2) is 25.7 Å². The molecule has 2 aromatic carbocycles. The van der Waals surface area contributed by atoms with Gasteiger partial charge in [0.25, 0.3) is 5.91 Å². The first kappa shape index (κ1) is 21.2. The van der Waals surface area contributed by atoms with E-state index in [-0.39, 0.29) is 5.91 Å². The van der Waals surface area contributed by atoms with Crippen molar-refractivity contribution in [1.82, 2.24) is 25.1 Å². The number of amides is 1. The number of carbonyl (C=O) groups is 1. The zero-order valence-electron chi connectivity index (χ0n) is 17.4. The summed E-state index contributed by atoms with van der Waals surface area (Å²) in [6.45, 7) is 0.469. The van der Waals surface area contributed by atoms with Crippen LogP contribution < -0.4 is 5.32 Å². The molecule has 0 unspecified atom stereocenters. The Hall–Kier alpha value is -3.69. The molecule has 3 heterocycles. The quantitative estimate of drug-likeness (QED) is 0.312. The SMILES string of the molecule is O=C(NCc1ccccc1)c1csc(CSc2nnc(-c3ccco3)n2-c2ccccc2)n1. The van der Waals surface area contributed by atoms with E-state index in [9.17, 15) is 4.79 Å². The Morgan fingerprint density at radius 3 is 2.55 bits per heavy atom. The summed E-state index contributed by atoms with van der Waals surface area (Å²) >= 11 is 2.97. The number of carbonyl (C=O) groups excluding carboxylic acids is 1. The van der Waals surface area contributed by atoms with Crippen LogP contribution in [0, 0.1) is 0 Å². The zero-order chi connectivity index (χ0) is 22.5. The van der Waals surface area contributed by atoms with Crippen LogP contribution >= 0.6 is 23.1 Å². The number of rotatable bonds is 8. The molecule has 0 aliphatic heterocycles. The summed E-state index contributed by atoms with van der Waals surface area (Å²) in [6.07, 6.45) is 1.62. The van der Waals surface area contributed by atoms with E-state index in [2.05, 4.69) is 20.5 Å². The van der Waals surface area contributed by atoms with Crippen LogP contribution in [0.3, 0.4) is 0 Å². The summed E-state index contributed by atoms with van der Waals surface area (Å²) in [5.74, 6) is 1.66. The molecule has 0 bridgehead atoms. The molecule has 1 N–H and O–H groups in total. The Bertz CT molecular complexity index is 1330. The van der Waals surface area contributed by atoms with Crippen molar-refractivity contribution in [3.63, 3.8) is 0 Å². The highest BCUT2D eigenvalue weighted by Crippen LogP contribution is 2.30. The highest BCUT2D eigenvalue weighted by Gasteiger charge is 2.19. The fraction of sp³-hybridized carbons (Fsp3) is 0.0833. The van der Waals surface area contributed by atoms with Crippen LogP contribution in [0.1, 0.15) is 21.1 Å². The van der Waals surface area contributed by atoms with Crippen LogP contribution in [0.15, 0.2) is 94.0 Å². The molecule has 0 aliphatic rings. The fourth-order valence-corrected chi connectivity index (χ4v) is 4.96. The lowest BCUT2D eigenvalue weighted by molar-refractivity contribution is 0.0946. The Kier molecular flexibility index (Phi) is 6.32. The summed E-state index contributed by atoms with van der Waals surface area (Å²) in [4.78, 5) is 17.0. The molecule has 5 rings (SSSR count). The van der Waals surface area contributed by atoms with Gasteiger partial charge in [-0.15, -0.1) is 21.5 Å². The molecular formula is C24H19N5O2S2. The molecule has 0 saturated carbocycles. The molecule has 0 aliphatic carbocycles. The summed E-state index contributed by atoms with van der Waals surface area (Å²) in [7, 11) is 0. The van der Waals surface area contributed by atoms with Crippen molar-refractivity contribution in [3.8, 4) is 17.3 Å². The van der Waals surface area contributed by atoms with Crippen LogP contribution in [0.2, 0.25) is 0 Å². The van der Waals surface area contributed by atoms with Gasteiger partial charge in [0.05, 0.1) is 12.0 Å². The predicted molar refractivity (Wildman–Crippen MR) is 128 cm³/mol. The van der Waals surface area contributed by atoms with Crippen molar-refractivity contribution >= 4 is 29.0 Å². The van der Waals surface area contributed by atoms with E-state index in [1.165, 1.54) is 23.1 Å². The molecule has 7 nitrogen and oxygen atoms in total. The second-order valence-electron chi connectivity index (χ2n) is 7.04. The molecular weight excluding hydrogens is 454 g/mol. The van der Waals surface area contributed by atoms with Crippen LogP contribution in [0.4, 0.5) is 0 Å². The van der Waals surface area contributed by atoms with Crippen molar-refractivity contribution < 1.29 is 9.21 Å². The molecule has 3 aromatic heterocycles. The minimum absolute atomic E-state index is 0.182. The van der Waals surface area contributed by atoms with Crippen LogP contribution in [0.5, 0.6) is 0 Å². The van der Waals surface area contributed by atoms with E-state index in [0.717, 1.165) is 21.4 Å². The molecule has 5 aromatic rings. The molecule has 1 amide bonds. The van der Waals surface area contributed by atoms with Crippen LogP contribution in [0.25, 0.3) is 17.3 Å². The maximum atomic E-state index is 12.5. The smallest absolute Gasteiger partial charge is 0.271 e. The lowest BCUT2D eigenvalue weighted by atomic mass is 10.2. The molecule has 0 saturated heterocycles. The third-order valence-corrected chi connectivity index (χ3v) is 6.77. The molecule has 164 valence electrons. The van der Waals surface area contributed by atoms with Gasteiger partial charge >= 0.3 is 0 Å². The maximum absolute atomic E-state index is 12.5. The van der Waals surface area contributed by atoms with Crippen molar-refractivity contribution in [3.05, 3.63) is 101 Å². The number of thioether (sulfide) groups is 1. The molecule has 33 heavy (non-hydrogen) atoms. The summed E-state index contributed by atoms with van der Waals surface area (Å²) in [5, 5.41) is 15.0. The van der Waals surface area contributed by atoms with Gasteiger partial charge in [-0.3, -0.25) is 9.36 Å². The monoisotopic (exact) mass is 473 g/mol. The van der Waals surface area contributed by atoms with Crippen molar-refractivity contribution in [2.75, 3.05) is 0 Å². The van der Waals surface area contributed by atoms with Crippen molar-refractivity contribution in [1.29, 1.82) is 0 Å². The highest BCUT2D eigenvalue weighted by molar-refractivity contribution is 7.98. The number of nitrogens with one attached hydrogen (secondary N) is 1. The lowest BCUT2D eigenvalue weighted by Gasteiger charge is -2.08. The minimum Gasteiger partial charge on any atom is -0.461 e. The lowest BCUT2D eigenvalue weighted by Crippen LogP contribution is -2.23. The Morgan fingerprint density at radius 1 is 1.00 bits per heavy atom. The normalized spacial score (nSPS) is 10.9. The molecule has 0 spiro atoms. The molecule has 0 atom stereocenters. The number of aromatic nitrogens is 4. The summed E-state index contributed by atoms with van der Waals surface area (Å²) in [5.41, 5.74) is 2.41. The first-order valence-electron chi connectivity index (χ1n) is 10.2. The largest absolute Gasteiger partial charge is 0.461 e. The van der Waals surface area contributed by atoms with Crippen LogP contribution in [-0.2, 0) is 12.3 Å². The number of hydrogen-bond donors (Lipinski definition) is 1. The van der Waals surface area contributed by atoms with Gasteiger partial charge in [0.15, 0.2) is 10.9 Å². The molecule has 9 heteroatoms. The number of thiazole rings is 1. The third-order valence-electron chi connectivity index (χ3n) is 4.79. The van der Waals surface area contributed by atoms with Gasteiger partial charge < -0.3 is 9.73 Å². The standard InChI is InChI=1S/C24H19N5O2S2/c30-23(25-14-17-8-3-1-4-9-17)19-15-32-21(26-19)16-33-24-28-27-22(20-12-7-13-31-20)29(24)18-10-5-2-6-11-18/h1-13,15H,14,16H2,(H,25,30). The van der Waals surface area contributed by atoms with Gasteiger partial charge in [-0.2, -0.15) is 0 Å². The number of furan rings is 1. The minimum atomic E-state index is -0.182. The average Bonchev–Trinajstić information content (AvgIpc) is 3.63. The fourth-order valence-electron chi connectivity index (χ4n) is 3.22. The van der Waals surface area contributed by atoms with Crippen molar-refractivity contribution in [2.45, 2.75) is 17.5 Å². The first-order valence-corrected chi connectivity index (χ1v) is 12.1. The topological polar surface area (TPSA) is 85.8 Å². The number of benzene rings is 2. The van der Waals surface area contributed by atoms with Gasteiger partial charge in [-0.25, -0.2) is 4.98 Å². The van der Waals surface area contributed by atoms with E-state index in [0.29, 0.717) is 29.6 Å². The predicted octanol–water partition coefficient (Wildman–Crippen LogP) is 5.21. The maximum Gasteiger partial charge on any atom is 0.271 e. The van der Waals surface area contributed by atoms with Gasteiger partial charge in [0, 0.05) is 17.6 Å². The summed E-state index contributed by atoms with van der Waals surface area (Å²) < 4.78 is 7.52. The second kappa shape index (κ2) is 9.85. The Balaban J connectivity index is 1.29. The number of nitrogens with zero attached hydrogens (tertiary/aromatic N) is 4. The molecule has 0 fully saturated rings. The van der Waals surface area contributed by atoms with Gasteiger partial charge in [0.1, 0.15) is 10.7 Å². The van der Waals surface area contributed by atoms with Gasteiger partial charge in [0.2, 0.25) is 5.82 Å². The zero-order valence-corrected chi connectivity index (χ0v) is 19.1. The van der Waals surface area contributed by atoms with Gasteiger partial charge in [-0.1, -0.05) is 60.3 Å². The second-order valence-corrected chi connectivity index (χ2v) is 8.92. The average molecular weight is 474 g/mol. The Labute approximate surface area is 198 Å². The third kappa shape index (κ3) is 4.89. The Morgan fingerprint density at radius 2 is 1.79 bits per heavy atom. The molecule has 0 radical (unpaired) electrons. The van der Waals surface area contributed by atoms with E-state index in [1.807, 2.05) is 77.4 Å². The van der Waals surface area contributed by atoms with E-state index in [1.54, 1.807) is 11.6 Å². The highest BCUT2D eigenvalue weighted by atomic mass is 32.2. The summed E-state index contributed by atoms with van der Waals surface area (Å²) in [6, 6.07) is 23.4. The number of para-hydroxylation sites is 1. The van der Waals surface area contributed by atoms with E-state index in [4.69, 9.17) is 4.42 Å². The van der Waals surface area contributed by atoms with Gasteiger partial charge in [-0.05, 0) is 29.8 Å². The van der Waals surface area contributed by atoms with E-state index >= 15 is 0 Å².